The van der Waals surface area contributed by atoms with Crippen LogP contribution >= 0.6 is 12.2 Å². The topological polar surface area (TPSA) is 42.8 Å². The van der Waals surface area contributed by atoms with Gasteiger partial charge in [-0.1, -0.05) is 12.1 Å². The molecule has 0 atom stereocenters. The first-order chi connectivity index (χ1) is 8.08. The molecule has 0 radical (unpaired) electrons. The van der Waals surface area contributed by atoms with E-state index >= 15 is 0 Å². The Kier molecular flexibility index (Phi) is 3.19. The van der Waals surface area contributed by atoms with Gasteiger partial charge in [-0.05, 0) is 24.4 Å². The number of hydrogen-bond acceptors (Lipinski definition) is 3. The summed E-state index contributed by atoms with van der Waals surface area (Å²) in [4.78, 5) is 4.05. The van der Waals surface area contributed by atoms with Crippen LogP contribution in [0.2, 0.25) is 0 Å². The Balaban J connectivity index is 2.47. The Labute approximate surface area is 101 Å². The van der Waals surface area contributed by atoms with Gasteiger partial charge in [-0.3, -0.25) is 9.78 Å². The van der Waals surface area contributed by atoms with E-state index in [4.69, 9.17) is 12.2 Å². The van der Waals surface area contributed by atoms with Crippen molar-refractivity contribution in [3.63, 3.8) is 0 Å². The van der Waals surface area contributed by atoms with E-state index < -0.39 is 6.61 Å². The SMILES string of the molecule is Cn1[nH]c(-c2ccccc2OC(F)F)nc1=S. The van der Waals surface area contributed by atoms with Crippen LogP contribution in [0.1, 0.15) is 0 Å². The molecule has 7 heteroatoms. The van der Waals surface area contributed by atoms with E-state index in [0.717, 1.165) is 0 Å². The monoisotopic (exact) mass is 257 g/mol. The van der Waals surface area contributed by atoms with Gasteiger partial charge in [-0.15, -0.1) is 0 Å². The fourth-order valence-electron chi connectivity index (χ4n) is 1.38. The standard InChI is InChI=1S/C10H9F2N3OS/c1-15-10(17)13-8(14-15)6-4-2-3-5-7(6)16-9(11)12/h2-5,9H,1H3,(H,13,14,17). The molecule has 90 valence electrons. The number of benzene rings is 1. The van der Waals surface area contributed by atoms with E-state index in [9.17, 15) is 8.78 Å². The highest BCUT2D eigenvalue weighted by Gasteiger charge is 2.13. The number of H-pyrrole nitrogens is 1. The Morgan fingerprint density at radius 2 is 2.12 bits per heavy atom. The van der Waals surface area contributed by atoms with Gasteiger partial charge in [-0.25, -0.2) is 0 Å². The normalized spacial score (nSPS) is 10.8. The van der Waals surface area contributed by atoms with Crippen LogP contribution in [0.3, 0.4) is 0 Å². The third kappa shape index (κ3) is 2.50. The van der Waals surface area contributed by atoms with Crippen LogP contribution in [-0.2, 0) is 7.05 Å². The molecule has 2 rings (SSSR count). The van der Waals surface area contributed by atoms with Gasteiger partial charge in [0.25, 0.3) is 0 Å². The van der Waals surface area contributed by atoms with Crippen molar-refractivity contribution in [3.05, 3.63) is 29.0 Å². The molecule has 1 aromatic heterocycles. The second-order valence-corrected chi connectivity index (χ2v) is 3.65. The summed E-state index contributed by atoms with van der Waals surface area (Å²) in [6, 6.07) is 6.40. The maximum Gasteiger partial charge on any atom is 0.387 e. The van der Waals surface area contributed by atoms with Gasteiger partial charge >= 0.3 is 6.61 Å². The van der Waals surface area contributed by atoms with Crippen molar-refractivity contribution < 1.29 is 13.5 Å². The molecule has 0 aliphatic heterocycles. The Hall–Kier alpha value is -1.76. The zero-order valence-corrected chi connectivity index (χ0v) is 9.67. The van der Waals surface area contributed by atoms with E-state index in [1.807, 2.05) is 0 Å². The zero-order valence-electron chi connectivity index (χ0n) is 8.85. The van der Waals surface area contributed by atoms with E-state index in [1.165, 1.54) is 10.7 Å². The van der Waals surface area contributed by atoms with Crippen LogP contribution in [-0.4, -0.2) is 21.4 Å². The summed E-state index contributed by atoms with van der Waals surface area (Å²) in [5, 5.41) is 2.85. The average molecular weight is 257 g/mol. The zero-order chi connectivity index (χ0) is 12.4. The first-order valence-corrected chi connectivity index (χ1v) is 5.16. The molecule has 0 unspecified atom stereocenters. The van der Waals surface area contributed by atoms with Gasteiger partial charge in [-0.2, -0.15) is 13.8 Å². The number of nitrogens with zero attached hydrogens (tertiary/aromatic N) is 2. The highest BCUT2D eigenvalue weighted by atomic mass is 32.1. The molecule has 17 heavy (non-hydrogen) atoms. The second-order valence-electron chi connectivity index (χ2n) is 3.29. The number of aromatic amines is 1. The molecule has 0 saturated heterocycles. The lowest BCUT2D eigenvalue weighted by atomic mass is 10.2. The lowest BCUT2D eigenvalue weighted by molar-refractivity contribution is -0.0494. The minimum Gasteiger partial charge on any atom is -0.434 e. The third-order valence-corrected chi connectivity index (χ3v) is 2.49. The maximum absolute atomic E-state index is 12.2. The Bertz CT molecular complexity index is 579. The molecule has 0 aliphatic carbocycles. The van der Waals surface area contributed by atoms with Gasteiger partial charge in [0, 0.05) is 7.05 Å². The van der Waals surface area contributed by atoms with Crippen molar-refractivity contribution in [2.24, 2.45) is 7.05 Å². The number of nitrogens with one attached hydrogen (secondary N) is 1. The minimum atomic E-state index is -2.87. The number of aromatic nitrogens is 3. The van der Waals surface area contributed by atoms with E-state index in [1.54, 1.807) is 25.2 Å². The van der Waals surface area contributed by atoms with Crippen LogP contribution in [0.15, 0.2) is 24.3 Å². The second kappa shape index (κ2) is 4.62. The summed E-state index contributed by atoms with van der Waals surface area (Å²) in [5.74, 6) is 0.459. The fraction of sp³-hybridized carbons (Fsp3) is 0.200. The molecular formula is C10H9F2N3OS. The van der Waals surface area contributed by atoms with Crippen molar-refractivity contribution in [2.75, 3.05) is 0 Å². The summed E-state index contributed by atoms with van der Waals surface area (Å²) in [6.45, 7) is -2.87. The predicted octanol–water partition coefficient (Wildman–Crippen LogP) is 2.75. The van der Waals surface area contributed by atoms with E-state index in [-0.39, 0.29) is 5.75 Å². The number of rotatable bonds is 3. The largest absolute Gasteiger partial charge is 0.434 e. The predicted molar refractivity (Wildman–Crippen MR) is 60.5 cm³/mol. The van der Waals surface area contributed by atoms with Crippen molar-refractivity contribution in [1.29, 1.82) is 0 Å². The third-order valence-electron chi connectivity index (χ3n) is 2.13. The molecule has 0 spiro atoms. The lowest BCUT2D eigenvalue weighted by Gasteiger charge is -2.07. The molecule has 4 nitrogen and oxygen atoms in total. The molecule has 0 aliphatic rings. The first kappa shape index (κ1) is 11.7. The number of alkyl halides is 2. The van der Waals surface area contributed by atoms with Gasteiger partial charge < -0.3 is 4.74 Å². The summed E-state index contributed by atoms with van der Waals surface area (Å²) in [6.07, 6.45) is 0. The smallest absolute Gasteiger partial charge is 0.387 e. The molecule has 2 aromatic rings. The summed E-state index contributed by atoms with van der Waals surface area (Å²) in [7, 11) is 1.69. The number of halogens is 2. The number of para-hydroxylation sites is 1. The van der Waals surface area contributed by atoms with Crippen LogP contribution in [0.5, 0.6) is 5.75 Å². The van der Waals surface area contributed by atoms with Crippen LogP contribution < -0.4 is 4.74 Å². The highest BCUT2D eigenvalue weighted by molar-refractivity contribution is 7.71. The molecule has 0 bridgehead atoms. The Morgan fingerprint density at radius 1 is 1.41 bits per heavy atom. The molecule has 1 heterocycles. The van der Waals surface area contributed by atoms with Crippen molar-refractivity contribution in [3.8, 4) is 17.1 Å². The molecule has 0 saturated carbocycles. The highest BCUT2D eigenvalue weighted by Crippen LogP contribution is 2.28. The summed E-state index contributed by atoms with van der Waals surface area (Å²) >= 11 is 4.94. The van der Waals surface area contributed by atoms with Crippen molar-refractivity contribution in [1.82, 2.24) is 14.8 Å². The quantitative estimate of drug-likeness (QED) is 0.860. The Morgan fingerprint density at radius 3 is 2.71 bits per heavy atom. The van der Waals surface area contributed by atoms with Crippen molar-refractivity contribution in [2.45, 2.75) is 6.61 Å². The minimum absolute atomic E-state index is 0.0619. The van der Waals surface area contributed by atoms with E-state index in [2.05, 4.69) is 14.8 Å². The van der Waals surface area contributed by atoms with Crippen molar-refractivity contribution >= 4 is 12.2 Å². The summed E-state index contributed by atoms with van der Waals surface area (Å²) < 4.78 is 30.7. The average Bonchev–Trinajstić information content (AvgIpc) is 2.59. The fourth-order valence-corrected chi connectivity index (χ4v) is 1.52. The van der Waals surface area contributed by atoms with Gasteiger partial charge in [0.05, 0.1) is 5.56 Å². The summed E-state index contributed by atoms with van der Waals surface area (Å²) in [5.41, 5.74) is 0.444. The number of aryl methyl sites for hydroxylation is 1. The van der Waals surface area contributed by atoms with E-state index in [0.29, 0.717) is 16.2 Å². The van der Waals surface area contributed by atoms with Crippen LogP contribution in [0.4, 0.5) is 8.78 Å². The molecule has 1 N–H and O–H groups in total. The lowest BCUT2D eigenvalue weighted by Crippen LogP contribution is -2.03. The molecular weight excluding hydrogens is 248 g/mol. The maximum atomic E-state index is 12.2. The molecule has 0 fully saturated rings. The molecule has 0 amide bonds. The first-order valence-electron chi connectivity index (χ1n) is 4.75. The van der Waals surface area contributed by atoms with Gasteiger partial charge in [0.15, 0.2) is 5.82 Å². The van der Waals surface area contributed by atoms with Gasteiger partial charge in [0.1, 0.15) is 5.75 Å². The number of hydrogen-bond donors (Lipinski definition) is 1. The van der Waals surface area contributed by atoms with Gasteiger partial charge in [0.2, 0.25) is 4.77 Å². The molecule has 1 aromatic carbocycles. The number of ether oxygens (including phenoxy) is 1. The van der Waals surface area contributed by atoms with Crippen LogP contribution in [0.25, 0.3) is 11.4 Å². The van der Waals surface area contributed by atoms with Crippen LogP contribution in [0, 0.1) is 4.77 Å².